The fraction of sp³-hybridized carbons (Fsp3) is 0.552. The van der Waals surface area contributed by atoms with E-state index in [2.05, 4.69) is 20.5 Å². The number of likely N-dealkylation sites (tertiary alicyclic amines) is 2. The second kappa shape index (κ2) is 14.0. The SMILES string of the molecule is CONc1ccc(NC2CCN(C(=O)CCN3CCC(OCc4ccc(C(F)(F)F)cc4)CC3)CC2)cc1C(F)(F)F. The largest absolute Gasteiger partial charge is 0.418 e. The van der Waals surface area contributed by atoms with Crippen LogP contribution in [0.2, 0.25) is 0 Å². The lowest BCUT2D eigenvalue weighted by molar-refractivity contribution is -0.138. The predicted molar refractivity (Wildman–Crippen MR) is 146 cm³/mol. The lowest BCUT2D eigenvalue weighted by Gasteiger charge is -2.35. The van der Waals surface area contributed by atoms with Crippen molar-refractivity contribution in [1.29, 1.82) is 0 Å². The highest BCUT2D eigenvalue weighted by atomic mass is 19.4. The Balaban J connectivity index is 1.14. The first-order chi connectivity index (χ1) is 19.9. The summed E-state index contributed by atoms with van der Waals surface area (Å²) in [6, 6.07) is 8.89. The van der Waals surface area contributed by atoms with Gasteiger partial charge in [-0.05, 0) is 61.6 Å². The molecule has 2 saturated heterocycles. The average Bonchev–Trinajstić information content (AvgIpc) is 2.96. The monoisotopic (exact) mass is 602 g/mol. The molecular weight excluding hydrogens is 566 g/mol. The average molecular weight is 603 g/mol. The van der Waals surface area contributed by atoms with Crippen molar-refractivity contribution in [2.24, 2.45) is 0 Å². The summed E-state index contributed by atoms with van der Waals surface area (Å²) in [5.41, 5.74) is 1.65. The predicted octanol–water partition coefficient (Wildman–Crippen LogP) is 6.17. The number of carbonyl (C=O) groups excluding carboxylic acids is 1. The molecule has 0 aliphatic carbocycles. The van der Waals surface area contributed by atoms with E-state index in [9.17, 15) is 31.1 Å². The molecule has 2 aromatic carbocycles. The van der Waals surface area contributed by atoms with Crippen LogP contribution in [0.15, 0.2) is 42.5 Å². The maximum atomic E-state index is 13.4. The topological polar surface area (TPSA) is 66.1 Å². The highest BCUT2D eigenvalue weighted by Crippen LogP contribution is 2.37. The molecule has 232 valence electrons. The summed E-state index contributed by atoms with van der Waals surface area (Å²) in [6.07, 6.45) is -5.66. The quantitative estimate of drug-likeness (QED) is 0.251. The van der Waals surface area contributed by atoms with Crippen molar-refractivity contribution in [2.75, 3.05) is 50.6 Å². The summed E-state index contributed by atoms with van der Waals surface area (Å²) in [5.74, 6) is 0.0588. The Morgan fingerprint density at radius 2 is 1.57 bits per heavy atom. The highest BCUT2D eigenvalue weighted by molar-refractivity contribution is 5.76. The zero-order valence-corrected chi connectivity index (χ0v) is 23.4. The minimum absolute atomic E-state index is 0.0189. The van der Waals surface area contributed by atoms with E-state index in [0.717, 1.165) is 44.1 Å². The second-order valence-corrected chi connectivity index (χ2v) is 10.7. The number of nitrogens with one attached hydrogen (secondary N) is 2. The van der Waals surface area contributed by atoms with E-state index in [1.54, 1.807) is 6.07 Å². The van der Waals surface area contributed by atoms with Crippen molar-refractivity contribution >= 4 is 17.3 Å². The number of piperidine rings is 2. The molecule has 4 rings (SSSR count). The first kappa shape index (κ1) is 31.9. The number of amides is 1. The third kappa shape index (κ3) is 8.98. The van der Waals surface area contributed by atoms with E-state index in [1.165, 1.54) is 25.3 Å². The van der Waals surface area contributed by atoms with Gasteiger partial charge < -0.3 is 19.9 Å². The first-order valence-corrected chi connectivity index (χ1v) is 14.0. The minimum atomic E-state index is -4.54. The number of alkyl halides is 6. The molecule has 0 radical (unpaired) electrons. The van der Waals surface area contributed by atoms with Crippen LogP contribution >= 0.6 is 0 Å². The zero-order chi connectivity index (χ0) is 30.3. The molecule has 0 bridgehead atoms. The summed E-state index contributed by atoms with van der Waals surface area (Å²) in [7, 11) is 1.25. The third-order valence-corrected chi connectivity index (χ3v) is 7.70. The Kier molecular flexibility index (Phi) is 10.6. The first-order valence-electron chi connectivity index (χ1n) is 14.0. The molecule has 1 amide bonds. The van der Waals surface area contributed by atoms with Gasteiger partial charge in [-0.1, -0.05) is 12.1 Å². The van der Waals surface area contributed by atoms with Gasteiger partial charge in [0, 0.05) is 50.9 Å². The number of ether oxygens (including phenoxy) is 1. The van der Waals surface area contributed by atoms with Crippen LogP contribution in [0.25, 0.3) is 0 Å². The van der Waals surface area contributed by atoms with Crippen molar-refractivity contribution in [3.63, 3.8) is 0 Å². The van der Waals surface area contributed by atoms with Gasteiger partial charge in [-0.15, -0.1) is 0 Å². The number of rotatable bonds is 10. The van der Waals surface area contributed by atoms with Crippen LogP contribution in [0.3, 0.4) is 0 Å². The Bertz CT molecular complexity index is 1160. The number of nitrogens with zero attached hydrogens (tertiary/aromatic N) is 2. The summed E-state index contributed by atoms with van der Waals surface area (Å²) in [6.45, 7) is 3.50. The fourth-order valence-corrected chi connectivity index (χ4v) is 5.29. The van der Waals surface area contributed by atoms with Crippen LogP contribution < -0.4 is 10.8 Å². The van der Waals surface area contributed by atoms with E-state index in [4.69, 9.17) is 4.74 Å². The standard InChI is InChI=1S/C29H36F6N4O3/c1-41-37-26-7-6-23(18-25(26)29(33,34)35)36-22-8-16-39(17-9-22)27(40)12-15-38-13-10-24(11-14-38)42-19-20-2-4-21(5-3-20)28(30,31)32/h2-7,18,22,24,36-37H,8-17,19H2,1H3. The van der Waals surface area contributed by atoms with Gasteiger partial charge in [0.1, 0.15) is 0 Å². The van der Waals surface area contributed by atoms with Gasteiger partial charge in [0.15, 0.2) is 0 Å². The molecule has 0 spiro atoms. The van der Waals surface area contributed by atoms with Crippen molar-refractivity contribution in [1.82, 2.24) is 9.80 Å². The van der Waals surface area contributed by atoms with Crippen molar-refractivity contribution in [2.45, 2.75) is 63.2 Å². The van der Waals surface area contributed by atoms with E-state index >= 15 is 0 Å². The third-order valence-electron chi connectivity index (χ3n) is 7.70. The van der Waals surface area contributed by atoms with Gasteiger partial charge in [-0.3, -0.25) is 15.1 Å². The molecule has 2 aliphatic rings. The highest BCUT2D eigenvalue weighted by Gasteiger charge is 2.34. The van der Waals surface area contributed by atoms with E-state index < -0.39 is 23.5 Å². The van der Waals surface area contributed by atoms with Crippen LogP contribution in [0.5, 0.6) is 0 Å². The number of hydrogen-bond acceptors (Lipinski definition) is 6. The molecule has 0 atom stereocenters. The molecule has 2 heterocycles. The number of benzene rings is 2. The molecule has 0 aromatic heterocycles. The smallest absolute Gasteiger partial charge is 0.382 e. The van der Waals surface area contributed by atoms with Gasteiger partial charge in [0.2, 0.25) is 5.91 Å². The molecule has 2 aromatic rings. The van der Waals surface area contributed by atoms with Crippen LogP contribution in [0, 0.1) is 0 Å². The van der Waals surface area contributed by atoms with E-state index in [0.29, 0.717) is 50.1 Å². The molecule has 42 heavy (non-hydrogen) atoms. The van der Waals surface area contributed by atoms with Crippen molar-refractivity contribution in [3.05, 3.63) is 59.2 Å². The summed E-state index contributed by atoms with van der Waals surface area (Å²) >= 11 is 0. The van der Waals surface area contributed by atoms with E-state index in [1.807, 2.05) is 4.90 Å². The Morgan fingerprint density at radius 3 is 2.17 bits per heavy atom. The molecule has 0 unspecified atom stereocenters. The maximum absolute atomic E-state index is 13.4. The number of anilines is 2. The van der Waals surface area contributed by atoms with E-state index in [-0.39, 0.29) is 30.3 Å². The molecule has 13 heteroatoms. The number of halogens is 6. The minimum Gasteiger partial charge on any atom is -0.382 e. The number of carbonyl (C=O) groups is 1. The molecule has 2 fully saturated rings. The Labute approximate surface area is 241 Å². The van der Waals surface area contributed by atoms with Gasteiger partial charge in [-0.2, -0.15) is 26.3 Å². The molecule has 2 aliphatic heterocycles. The van der Waals surface area contributed by atoms with Crippen molar-refractivity contribution in [3.8, 4) is 0 Å². The molecule has 7 nitrogen and oxygen atoms in total. The summed E-state index contributed by atoms with van der Waals surface area (Å²) in [5, 5.41) is 3.17. The maximum Gasteiger partial charge on any atom is 0.418 e. The fourth-order valence-electron chi connectivity index (χ4n) is 5.29. The van der Waals surface area contributed by atoms with Gasteiger partial charge in [0.05, 0.1) is 36.6 Å². The molecule has 2 N–H and O–H groups in total. The molecular formula is C29H36F6N4O3. The lowest BCUT2D eigenvalue weighted by Crippen LogP contribution is -2.44. The van der Waals surface area contributed by atoms with Crippen LogP contribution in [-0.2, 0) is 33.3 Å². The van der Waals surface area contributed by atoms with Crippen LogP contribution in [0.4, 0.5) is 37.7 Å². The van der Waals surface area contributed by atoms with Crippen LogP contribution in [-0.4, -0.2) is 67.7 Å². The summed E-state index contributed by atoms with van der Waals surface area (Å²) in [4.78, 5) is 21.5. The summed E-state index contributed by atoms with van der Waals surface area (Å²) < 4.78 is 84.3. The second-order valence-electron chi connectivity index (χ2n) is 10.7. The number of hydrogen-bond donors (Lipinski definition) is 2. The van der Waals surface area contributed by atoms with Gasteiger partial charge >= 0.3 is 12.4 Å². The lowest BCUT2D eigenvalue weighted by atomic mass is 10.0. The Hall–Kier alpha value is -3.03. The Morgan fingerprint density at radius 1 is 0.905 bits per heavy atom. The van der Waals surface area contributed by atoms with Gasteiger partial charge in [0.25, 0.3) is 0 Å². The van der Waals surface area contributed by atoms with Crippen LogP contribution in [0.1, 0.15) is 48.8 Å². The van der Waals surface area contributed by atoms with Gasteiger partial charge in [-0.25, -0.2) is 0 Å². The van der Waals surface area contributed by atoms with Crippen molar-refractivity contribution < 1.29 is 40.7 Å². The molecule has 0 saturated carbocycles. The zero-order valence-electron chi connectivity index (χ0n) is 23.4. The normalized spacial score (nSPS) is 17.8.